The largest absolute Gasteiger partial charge is 0.455 e. The van der Waals surface area contributed by atoms with Crippen LogP contribution in [0, 0.1) is 11.3 Å². The summed E-state index contributed by atoms with van der Waals surface area (Å²) in [5, 5.41) is 18.8. The number of rotatable bonds is 5. The Kier molecular flexibility index (Phi) is 6.53. The van der Waals surface area contributed by atoms with E-state index in [2.05, 4.69) is 132 Å². The SMILES string of the molecule is C=N/C=C(\C=C(/C)c1cc2ccccc2c2c1oc1ccc3ccccc3c12)c1ccc2c(c1)c1cc(C#N)ccc1n2-c1ccccc1. The first kappa shape index (κ1) is 28.5. The lowest BCUT2D eigenvalue weighted by molar-refractivity contribution is 0.668. The summed E-state index contributed by atoms with van der Waals surface area (Å²) >= 11 is 0. The van der Waals surface area contributed by atoms with Crippen LogP contribution in [0.25, 0.3) is 82.1 Å². The second kappa shape index (κ2) is 11.2. The topological polar surface area (TPSA) is 54.2 Å². The van der Waals surface area contributed by atoms with E-state index in [-0.39, 0.29) is 0 Å². The molecule has 0 unspecified atom stereocenters. The molecule has 4 heteroatoms. The maximum atomic E-state index is 9.75. The van der Waals surface area contributed by atoms with Crippen LogP contribution in [0.5, 0.6) is 0 Å². The number of hydrogen-bond acceptors (Lipinski definition) is 3. The van der Waals surface area contributed by atoms with Gasteiger partial charge in [-0.1, -0.05) is 78.9 Å². The molecule has 0 atom stereocenters. The first-order valence-corrected chi connectivity index (χ1v) is 16.3. The van der Waals surface area contributed by atoms with E-state index >= 15 is 0 Å². The summed E-state index contributed by atoms with van der Waals surface area (Å²) in [7, 11) is 0. The number of allylic oxidation sites excluding steroid dienone is 3. The standard InChI is InChI=1S/C45H29N3O/c1-28(37-25-32-11-7-9-15-36(32)44-43-35-14-8-6-10-30(35)18-21-42(43)49-45(37)44)22-33(27-47-2)31-17-20-41-39(24-31)38-23-29(26-46)16-19-40(38)48(41)34-12-4-3-5-13-34/h3-25,27H,2H2,1H3/b28-22+,33-27+. The molecule has 0 aliphatic rings. The predicted octanol–water partition coefficient (Wildman–Crippen LogP) is 12.0. The van der Waals surface area contributed by atoms with Gasteiger partial charge in [0, 0.05) is 44.6 Å². The third-order valence-electron chi connectivity index (χ3n) is 9.62. The second-order valence-corrected chi connectivity index (χ2v) is 12.5. The van der Waals surface area contributed by atoms with Crippen molar-refractivity contribution in [2.45, 2.75) is 6.92 Å². The number of para-hydroxylation sites is 1. The van der Waals surface area contributed by atoms with E-state index in [0.29, 0.717) is 5.56 Å². The molecular formula is C45H29N3O. The molecule has 0 saturated heterocycles. The van der Waals surface area contributed by atoms with Crippen molar-refractivity contribution in [1.82, 2.24) is 4.57 Å². The maximum Gasteiger partial charge on any atom is 0.143 e. The third kappa shape index (κ3) is 4.48. The molecule has 0 fully saturated rings. The molecule has 49 heavy (non-hydrogen) atoms. The number of furan rings is 1. The van der Waals surface area contributed by atoms with Gasteiger partial charge >= 0.3 is 0 Å². The van der Waals surface area contributed by atoms with Gasteiger partial charge in [-0.3, -0.25) is 4.99 Å². The number of hydrogen-bond donors (Lipinski definition) is 0. The van der Waals surface area contributed by atoms with Crippen molar-refractivity contribution in [2.75, 3.05) is 0 Å². The van der Waals surface area contributed by atoms with Gasteiger partial charge in [0.05, 0.1) is 22.7 Å². The maximum absolute atomic E-state index is 9.75. The highest BCUT2D eigenvalue weighted by Crippen LogP contribution is 2.43. The molecule has 0 amide bonds. The van der Waals surface area contributed by atoms with Gasteiger partial charge in [-0.15, -0.1) is 0 Å². The minimum atomic E-state index is 0.628. The zero-order valence-corrected chi connectivity index (χ0v) is 26.8. The summed E-state index contributed by atoms with van der Waals surface area (Å²) in [4.78, 5) is 4.23. The van der Waals surface area contributed by atoms with E-state index in [1.807, 2.05) is 42.6 Å². The summed E-state index contributed by atoms with van der Waals surface area (Å²) in [6.45, 7) is 5.95. The molecule has 2 aromatic heterocycles. The fraction of sp³-hybridized carbons (Fsp3) is 0.0222. The molecular weight excluding hydrogens is 599 g/mol. The van der Waals surface area contributed by atoms with Crippen molar-refractivity contribution in [1.29, 1.82) is 5.26 Å². The summed E-state index contributed by atoms with van der Waals surface area (Å²) in [6, 6.07) is 48.5. The highest BCUT2D eigenvalue weighted by atomic mass is 16.3. The smallest absolute Gasteiger partial charge is 0.143 e. The third-order valence-corrected chi connectivity index (χ3v) is 9.62. The fourth-order valence-corrected chi connectivity index (χ4v) is 7.41. The van der Waals surface area contributed by atoms with Gasteiger partial charge in [-0.25, -0.2) is 0 Å². The average Bonchev–Trinajstić information content (AvgIpc) is 3.71. The lowest BCUT2D eigenvalue weighted by atomic mass is 9.93. The molecule has 0 aliphatic heterocycles. The van der Waals surface area contributed by atoms with Gasteiger partial charge in [-0.2, -0.15) is 5.26 Å². The number of nitrogens with zero attached hydrogens (tertiary/aromatic N) is 3. The van der Waals surface area contributed by atoms with Crippen LogP contribution in [0.4, 0.5) is 0 Å². The molecule has 2 heterocycles. The molecule has 7 aromatic carbocycles. The van der Waals surface area contributed by atoms with Crippen LogP contribution < -0.4 is 0 Å². The van der Waals surface area contributed by atoms with E-state index in [4.69, 9.17) is 4.42 Å². The molecule has 4 nitrogen and oxygen atoms in total. The van der Waals surface area contributed by atoms with E-state index < -0.39 is 0 Å². The van der Waals surface area contributed by atoms with E-state index in [1.54, 1.807) is 0 Å². The average molecular weight is 628 g/mol. The number of aromatic nitrogens is 1. The lowest BCUT2D eigenvalue weighted by Gasteiger charge is -2.10. The molecule has 0 aliphatic carbocycles. The lowest BCUT2D eigenvalue weighted by Crippen LogP contribution is -1.93. The van der Waals surface area contributed by atoms with Gasteiger partial charge in [0.1, 0.15) is 11.2 Å². The van der Waals surface area contributed by atoms with Crippen LogP contribution in [-0.2, 0) is 0 Å². The van der Waals surface area contributed by atoms with Crippen molar-refractivity contribution in [3.63, 3.8) is 0 Å². The Bertz CT molecular complexity index is 2910. The molecule has 0 N–H and O–H groups in total. The molecule has 0 saturated carbocycles. The van der Waals surface area contributed by atoms with Crippen molar-refractivity contribution in [3.05, 3.63) is 162 Å². The molecule has 0 bridgehead atoms. The van der Waals surface area contributed by atoms with Crippen molar-refractivity contribution >= 4 is 83.2 Å². The Morgan fingerprint density at radius 2 is 1.41 bits per heavy atom. The summed E-state index contributed by atoms with van der Waals surface area (Å²) in [5.41, 5.74) is 9.56. The summed E-state index contributed by atoms with van der Waals surface area (Å²) in [5.74, 6) is 0. The number of nitriles is 1. The highest BCUT2D eigenvalue weighted by Gasteiger charge is 2.19. The van der Waals surface area contributed by atoms with Crippen molar-refractivity contribution in [3.8, 4) is 11.8 Å². The quantitative estimate of drug-likeness (QED) is 0.141. The molecule has 0 radical (unpaired) electrons. The van der Waals surface area contributed by atoms with Gasteiger partial charge in [0.25, 0.3) is 0 Å². The first-order valence-electron chi connectivity index (χ1n) is 16.3. The highest BCUT2D eigenvalue weighted by molar-refractivity contribution is 6.28. The van der Waals surface area contributed by atoms with Crippen LogP contribution in [0.15, 0.2) is 155 Å². The van der Waals surface area contributed by atoms with E-state index in [1.165, 1.54) is 16.2 Å². The Labute approximate surface area is 282 Å². The Morgan fingerprint density at radius 3 is 2.18 bits per heavy atom. The summed E-state index contributed by atoms with van der Waals surface area (Å²) in [6.07, 6.45) is 3.98. The van der Waals surface area contributed by atoms with Crippen LogP contribution >= 0.6 is 0 Å². The summed E-state index contributed by atoms with van der Waals surface area (Å²) < 4.78 is 8.97. The number of benzene rings is 7. The van der Waals surface area contributed by atoms with Gasteiger partial charge in [0.2, 0.25) is 0 Å². The van der Waals surface area contributed by atoms with Gasteiger partial charge in [-0.05, 0) is 107 Å². The zero-order valence-electron chi connectivity index (χ0n) is 26.8. The minimum Gasteiger partial charge on any atom is -0.455 e. The van der Waals surface area contributed by atoms with Crippen LogP contribution in [0.1, 0.15) is 23.6 Å². The Hall–Kier alpha value is -6.70. The van der Waals surface area contributed by atoms with Gasteiger partial charge < -0.3 is 8.98 Å². The molecule has 9 aromatic rings. The molecule has 0 spiro atoms. The van der Waals surface area contributed by atoms with Crippen molar-refractivity contribution < 1.29 is 4.42 Å². The minimum absolute atomic E-state index is 0.628. The molecule has 230 valence electrons. The predicted molar refractivity (Wildman–Crippen MR) is 205 cm³/mol. The number of fused-ring (bicyclic) bond motifs is 10. The Morgan fingerprint density at radius 1 is 0.714 bits per heavy atom. The van der Waals surface area contributed by atoms with Crippen LogP contribution in [-0.4, -0.2) is 11.3 Å². The number of aliphatic imine (C=N–C) groups is 1. The van der Waals surface area contributed by atoms with Crippen molar-refractivity contribution in [2.24, 2.45) is 4.99 Å². The van der Waals surface area contributed by atoms with Crippen LogP contribution in [0.3, 0.4) is 0 Å². The normalized spacial score (nSPS) is 12.5. The second-order valence-electron chi connectivity index (χ2n) is 12.5. The molecule has 9 rings (SSSR count). The van der Waals surface area contributed by atoms with Crippen LogP contribution in [0.2, 0.25) is 0 Å². The fourth-order valence-electron chi connectivity index (χ4n) is 7.41. The monoisotopic (exact) mass is 627 g/mol. The zero-order chi connectivity index (χ0) is 33.1. The van der Waals surface area contributed by atoms with Gasteiger partial charge in [0.15, 0.2) is 0 Å². The van der Waals surface area contributed by atoms with E-state index in [0.717, 1.165) is 77.1 Å². The first-order chi connectivity index (χ1) is 24.1. The van der Waals surface area contributed by atoms with E-state index in [9.17, 15) is 5.26 Å². The Balaban J connectivity index is 1.26.